The van der Waals surface area contributed by atoms with E-state index < -0.39 is 27.4 Å². The molecule has 0 atom stereocenters. The molecule has 0 unspecified atom stereocenters. The maximum Gasteiger partial charge on any atom is 0.307 e. The molecule has 0 aliphatic carbocycles. The Bertz CT molecular complexity index is 494. The number of anilines is 1. The van der Waals surface area contributed by atoms with Gasteiger partial charge in [0, 0.05) is 5.69 Å². The van der Waals surface area contributed by atoms with Crippen LogP contribution in [0.5, 0.6) is 0 Å². The molecule has 0 bridgehead atoms. The van der Waals surface area contributed by atoms with Crippen LogP contribution in [0.15, 0.2) is 23.1 Å². The molecule has 0 saturated carbocycles. The molecule has 6 nitrogen and oxygen atoms in total. The molecule has 4 N–H and O–H groups in total. The zero-order chi connectivity index (χ0) is 11.6. The topological polar surface area (TPSA) is 118 Å². The SMILES string of the molecule is Nc1ccc(S(=O)(=O)O)c(CC(=O)O)c1. The van der Waals surface area contributed by atoms with E-state index >= 15 is 0 Å². The average molecular weight is 231 g/mol. The van der Waals surface area contributed by atoms with Crippen LogP contribution in [-0.2, 0) is 21.3 Å². The van der Waals surface area contributed by atoms with Crippen LogP contribution in [0.4, 0.5) is 5.69 Å². The first-order valence-corrected chi connectivity index (χ1v) is 5.32. The first kappa shape index (κ1) is 11.5. The fourth-order valence-corrected chi connectivity index (χ4v) is 1.85. The number of carbonyl (C=O) groups is 1. The fraction of sp³-hybridized carbons (Fsp3) is 0.125. The first-order chi connectivity index (χ1) is 6.80. The van der Waals surface area contributed by atoms with Crippen molar-refractivity contribution in [3.63, 3.8) is 0 Å². The number of carboxylic acids is 1. The van der Waals surface area contributed by atoms with Crippen LogP contribution in [-0.4, -0.2) is 24.0 Å². The number of nitrogens with two attached hydrogens (primary N) is 1. The summed E-state index contributed by atoms with van der Waals surface area (Å²) in [4.78, 5) is 10.0. The number of benzene rings is 1. The number of nitrogen functional groups attached to an aromatic ring is 1. The molecule has 1 aromatic rings. The summed E-state index contributed by atoms with van der Waals surface area (Å²) in [5.74, 6) is -1.20. The van der Waals surface area contributed by atoms with Crippen molar-refractivity contribution < 1.29 is 22.9 Å². The van der Waals surface area contributed by atoms with Gasteiger partial charge >= 0.3 is 5.97 Å². The quantitative estimate of drug-likeness (QED) is 0.503. The second-order valence-corrected chi connectivity index (χ2v) is 4.30. The van der Waals surface area contributed by atoms with Gasteiger partial charge in [-0.1, -0.05) is 0 Å². The Kier molecular flexibility index (Phi) is 2.96. The summed E-state index contributed by atoms with van der Waals surface area (Å²) >= 11 is 0. The molecule has 1 aromatic carbocycles. The van der Waals surface area contributed by atoms with E-state index in [1.807, 2.05) is 0 Å². The first-order valence-electron chi connectivity index (χ1n) is 3.88. The van der Waals surface area contributed by atoms with E-state index in [1.165, 1.54) is 12.1 Å². The minimum atomic E-state index is -4.41. The van der Waals surface area contributed by atoms with E-state index in [1.54, 1.807) is 0 Å². The highest BCUT2D eigenvalue weighted by Crippen LogP contribution is 2.19. The van der Waals surface area contributed by atoms with E-state index in [0.717, 1.165) is 6.07 Å². The van der Waals surface area contributed by atoms with Gasteiger partial charge in [-0.15, -0.1) is 0 Å². The van der Waals surface area contributed by atoms with Crippen molar-refractivity contribution in [1.82, 2.24) is 0 Å². The fourth-order valence-electron chi connectivity index (χ4n) is 1.15. The zero-order valence-electron chi connectivity index (χ0n) is 7.54. The monoisotopic (exact) mass is 231 g/mol. The van der Waals surface area contributed by atoms with Crippen LogP contribution in [0.3, 0.4) is 0 Å². The minimum absolute atomic E-state index is 0.0370. The van der Waals surface area contributed by atoms with Gasteiger partial charge in [0.25, 0.3) is 10.1 Å². The van der Waals surface area contributed by atoms with Crippen molar-refractivity contribution in [1.29, 1.82) is 0 Å². The average Bonchev–Trinajstić information content (AvgIpc) is 1.99. The van der Waals surface area contributed by atoms with E-state index in [4.69, 9.17) is 15.4 Å². The van der Waals surface area contributed by atoms with Crippen molar-refractivity contribution in [3.8, 4) is 0 Å². The number of hydrogen-bond acceptors (Lipinski definition) is 4. The summed E-state index contributed by atoms with van der Waals surface area (Å²) in [6.45, 7) is 0. The predicted molar refractivity (Wildman–Crippen MR) is 52.0 cm³/mol. The van der Waals surface area contributed by atoms with Gasteiger partial charge in [-0.2, -0.15) is 8.42 Å². The molecule has 15 heavy (non-hydrogen) atoms. The largest absolute Gasteiger partial charge is 0.481 e. The Morgan fingerprint density at radius 1 is 1.40 bits per heavy atom. The summed E-state index contributed by atoms with van der Waals surface area (Å²) in [5, 5.41) is 8.53. The van der Waals surface area contributed by atoms with Gasteiger partial charge in [-0.25, -0.2) is 0 Å². The maximum absolute atomic E-state index is 10.9. The van der Waals surface area contributed by atoms with Gasteiger partial charge in [0.2, 0.25) is 0 Å². The molecule has 0 amide bonds. The molecule has 82 valence electrons. The van der Waals surface area contributed by atoms with Crippen LogP contribution in [0.2, 0.25) is 0 Å². The molecular weight excluding hydrogens is 222 g/mol. The molecule has 1 rings (SSSR count). The molecule has 0 fully saturated rings. The lowest BCUT2D eigenvalue weighted by Crippen LogP contribution is -2.08. The molecule has 0 saturated heterocycles. The Hall–Kier alpha value is -1.60. The number of hydrogen-bond donors (Lipinski definition) is 3. The summed E-state index contributed by atoms with van der Waals surface area (Å²) in [6.07, 6.45) is -0.514. The van der Waals surface area contributed by atoms with Crippen molar-refractivity contribution in [3.05, 3.63) is 23.8 Å². The van der Waals surface area contributed by atoms with E-state index in [2.05, 4.69) is 0 Å². The van der Waals surface area contributed by atoms with Gasteiger partial charge in [0.15, 0.2) is 0 Å². The van der Waals surface area contributed by atoms with E-state index in [-0.39, 0.29) is 11.3 Å². The minimum Gasteiger partial charge on any atom is -0.481 e. The highest BCUT2D eigenvalue weighted by atomic mass is 32.2. The van der Waals surface area contributed by atoms with Gasteiger partial charge in [0.05, 0.1) is 11.3 Å². The van der Waals surface area contributed by atoms with Crippen LogP contribution >= 0.6 is 0 Å². The zero-order valence-corrected chi connectivity index (χ0v) is 8.36. The van der Waals surface area contributed by atoms with Crippen molar-refractivity contribution in [2.45, 2.75) is 11.3 Å². The molecule has 0 radical (unpaired) electrons. The third kappa shape index (κ3) is 2.93. The number of carboxylic acid groups (broad SMARTS) is 1. The van der Waals surface area contributed by atoms with Crippen molar-refractivity contribution in [2.75, 3.05) is 5.73 Å². The lowest BCUT2D eigenvalue weighted by atomic mass is 10.1. The lowest BCUT2D eigenvalue weighted by Gasteiger charge is -2.05. The molecule has 7 heteroatoms. The highest BCUT2D eigenvalue weighted by molar-refractivity contribution is 7.85. The Morgan fingerprint density at radius 2 is 2.00 bits per heavy atom. The van der Waals surface area contributed by atoms with Gasteiger partial charge in [-0.3, -0.25) is 9.35 Å². The Labute approximate surface area is 86.1 Å². The van der Waals surface area contributed by atoms with Crippen LogP contribution in [0.25, 0.3) is 0 Å². The second kappa shape index (κ2) is 3.87. The molecular formula is C8H9NO5S. The van der Waals surface area contributed by atoms with Gasteiger partial charge in [-0.05, 0) is 23.8 Å². The third-order valence-corrected chi connectivity index (χ3v) is 2.66. The Morgan fingerprint density at radius 3 is 2.47 bits per heavy atom. The van der Waals surface area contributed by atoms with Crippen LogP contribution in [0, 0.1) is 0 Å². The van der Waals surface area contributed by atoms with Crippen molar-refractivity contribution in [2.24, 2.45) is 0 Å². The lowest BCUT2D eigenvalue weighted by molar-refractivity contribution is -0.136. The predicted octanol–water partition coefficient (Wildman–Crippen LogP) is 0.143. The highest BCUT2D eigenvalue weighted by Gasteiger charge is 2.17. The smallest absolute Gasteiger partial charge is 0.307 e. The van der Waals surface area contributed by atoms with Crippen LogP contribution in [0.1, 0.15) is 5.56 Å². The molecule has 0 spiro atoms. The van der Waals surface area contributed by atoms with E-state index in [0.29, 0.717) is 0 Å². The molecule has 0 heterocycles. The molecule has 0 aromatic heterocycles. The van der Waals surface area contributed by atoms with Crippen LogP contribution < -0.4 is 5.73 Å². The third-order valence-electron chi connectivity index (χ3n) is 1.70. The summed E-state index contributed by atoms with van der Waals surface area (Å²) < 4.78 is 30.5. The van der Waals surface area contributed by atoms with Gasteiger partial charge in [0.1, 0.15) is 0 Å². The summed E-state index contributed by atoms with van der Waals surface area (Å²) in [5.41, 5.74) is 5.57. The molecule has 0 aliphatic rings. The Balaban J connectivity index is 3.33. The number of aliphatic carboxylic acids is 1. The van der Waals surface area contributed by atoms with Crippen molar-refractivity contribution >= 4 is 21.8 Å². The van der Waals surface area contributed by atoms with E-state index in [9.17, 15) is 13.2 Å². The number of rotatable bonds is 3. The second-order valence-electron chi connectivity index (χ2n) is 2.91. The normalized spacial score (nSPS) is 11.3. The summed E-state index contributed by atoms with van der Waals surface area (Å²) in [7, 11) is -4.41. The van der Waals surface area contributed by atoms with Gasteiger partial charge < -0.3 is 10.8 Å². The standard InChI is InChI=1S/C8H9NO5S/c9-6-1-2-7(15(12,13)14)5(3-6)4-8(10)11/h1-3H,4,9H2,(H,10,11)(H,12,13,14). The molecule has 0 aliphatic heterocycles. The maximum atomic E-state index is 10.9. The summed E-state index contributed by atoms with van der Waals surface area (Å²) in [6, 6.07) is 3.55.